The van der Waals surface area contributed by atoms with Crippen LogP contribution in [0.15, 0.2) is 164 Å². The number of rotatable bonds is 5. The van der Waals surface area contributed by atoms with Gasteiger partial charge in [-0.3, -0.25) is 0 Å². The standard InChI is InChI=1S/C44H27NO/c1-3-11-28(12-4-1)45(29-13-5-2-6-14-29)30-21-23-31(24-22-30)46-32-25-26-37-40(27-32)36-18-10-20-38-41-34-16-8-7-15-33(34)35-17-9-19-39(42(35)41)44(37)43(36)38/h1-27H. The molecule has 214 valence electrons. The van der Waals surface area contributed by atoms with E-state index in [4.69, 9.17) is 4.74 Å². The molecule has 0 bridgehead atoms. The molecule has 46 heavy (non-hydrogen) atoms. The molecule has 2 heteroatoms. The zero-order valence-electron chi connectivity index (χ0n) is 24.9. The minimum atomic E-state index is 0.807. The smallest absolute Gasteiger partial charge is 0.128 e. The number of fused-ring (bicyclic) bond motifs is 8. The molecule has 0 N–H and O–H groups in total. The maximum Gasteiger partial charge on any atom is 0.128 e. The lowest BCUT2D eigenvalue weighted by atomic mass is 9.95. The van der Waals surface area contributed by atoms with Crippen molar-refractivity contribution in [3.8, 4) is 11.5 Å². The van der Waals surface area contributed by atoms with Crippen molar-refractivity contribution in [3.63, 3.8) is 0 Å². The molecule has 0 aliphatic carbocycles. The molecule has 0 aromatic heterocycles. The molecule has 10 aromatic rings. The van der Waals surface area contributed by atoms with Crippen LogP contribution in [0.3, 0.4) is 0 Å². The first-order chi connectivity index (χ1) is 22.8. The van der Waals surface area contributed by atoms with Gasteiger partial charge >= 0.3 is 0 Å². The first-order valence-electron chi connectivity index (χ1n) is 15.8. The molecule has 0 radical (unpaired) electrons. The summed E-state index contributed by atoms with van der Waals surface area (Å²) in [5, 5.41) is 15.9. The SMILES string of the molecule is c1ccc(N(c2ccccc2)c2ccc(Oc3ccc4c(c3)c3cccc5c6c7ccccc7c7cccc(c76)c4c35)cc2)cc1. The van der Waals surface area contributed by atoms with Gasteiger partial charge in [0.15, 0.2) is 0 Å². The summed E-state index contributed by atoms with van der Waals surface area (Å²) in [5.41, 5.74) is 3.30. The van der Waals surface area contributed by atoms with Gasteiger partial charge in [-0.05, 0) is 125 Å². The van der Waals surface area contributed by atoms with Crippen LogP contribution >= 0.6 is 0 Å². The highest BCUT2D eigenvalue weighted by Crippen LogP contribution is 2.50. The Hall–Kier alpha value is -6.12. The van der Waals surface area contributed by atoms with Gasteiger partial charge in [-0.1, -0.05) is 103 Å². The summed E-state index contributed by atoms with van der Waals surface area (Å²) in [7, 11) is 0. The second-order valence-corrected chi connectivity index (χ2v) is 12.1. The predicted molar refractivity (Wildman–Crippen MR) is 195 cm³/mol. The van der Waals surface area contributed by atoms with E-state index in [2.05, 4.69) is 157 Å². The number of hydrogen-bond donors (Lipinski definition) is 0. The Bertz CT molecular complexity index is 2660. The van der Waals surface area contributed by atoms with E-state index >= 15 is 0 Å². The molecule has 0 aliphatic rings. The summed E-state index contributed by atoms with van der Waals surface area (Å²) in [6.45, 7) is 0. The van der Waals surface area contributed by atoms with Crippen molar-refractivity contribution in [3.05, 3.63) is 164 Å². The van der Waals surface area contributed by atoms with Crippen LogP contribution in [0.25, 0.3) is 64.6 Å². The quantitative estimate of drug-likeness (QED) is 0.186. The third-order valence-corrected chi connectivity index (χ3v) is 9.56. The monoisotopic (exact) mass is 585 g/mol. The van der Waals surface area contributed by atoms with E-state index in [0.717, 1.165) is 28.6 Å². The Labute approximate surface area is 266 Å². The van der Waals surface area contributed by atoms with Crippen molar-refractivity contribution >= 4 is 81.7 Å². The number of benzene rings is 8. The fourth-order valence-electron chi connectivity index (χ4n) is 7.70. The summed E-state index contributed by atoms with van der Waals surface area (Å²) in [4.78, 5) is 2.26. The molecule has 0 unspecified atom stereocenters. The van der Waals surface area contributed by atoms with E-state index < -0.39 is 0 Å². The molecule has 0 saturated heterocycles. The maximum absolute atomic E-state index is 6.51. The molecule has 10 rings (SSSR count). The summed E-state index contributed by atoms with van der Waals surface area (Å²) in [6.07, 6.45) is 0. The predicted octanol–water partition coefficient (Wildman–Crippen LogP) is 12.7. The highest BCUT2D eigenvalue weighted by Gasteiger charge is 2.21. The Balaban J connectivity index is 1.09. The van der Waals surface area contributed by atoms with Crippen LogP contribution in [-0.4, -0.2) is 0 Å². The van der Waals surface area contributed by atoms with E-state index in [-0.39, 0.29) is 0 Å². The van der Waals surface area contributed by atoms with Gasteiger partial charge in [-0.25, -0.2) is 0 Å². The number of nitrogens with zero attached hydrogens (tertiary/aromatic N) is 1. The van der Waals surface area contributed by atoms with E-state index in [1.54, 1.807) is 0 Å². The molecule has 0 amide bonds. The van der Waals surface area contributed by atoms with Crippen molar-refractivity contribution in [2.24, 2.45) is 0 Å². The minimum Gasteiger partial charge on any atom is -0.457 e. The van der Waals surface area contributed by atoms with Crippen LogP contribution in [0, 0.1) is 0 Å². The topological polar surface area (TPSA) is 12.5 Å². The molecular formula is C44H27NO. The zero-order valence-corrected chi connectivity index (χ0v) is 24.9. The van der Waals surface area contributed by atoms with Gasteiger partial charge in [0, 0.05) is 17.1 Å². The molecule has 10 aromatic carbocycles. The second kappa shape index (κ2) is 9.69. The van der Waals surface area contributed by atoms with E-state index in [0.29, 0.717) is 0 Å². The van der Waals surface area contributed by atoms with Gasteiger partial charge in [0.25, 0.3) is 0 Å². The Kier molecular flexibility index (Phi) is 5.31. The number of anilines is 3. The third kappa shape index (κ3) is 3.59. The Morgan fingerprint density at radius 3 is 1.28 bits per heavy atom. The van der Waals surface area contributed by atoms with Crippen LogP contribution in [0.1, 0.15) is 0 Å². The molecule has 2 nitrogen and oxygen atoms in total. The van der Waals surface area contributed by atoms with Crippen LogP contribution in [0.4, 0.5) is 17.1 Å². The van der Waals surface area contributed by atoms with E-state index in [9.17, 15) is 0 Å². The van der Waals surface area contributed by atoms with Gasteiger partial charge in [-0.2, -0.15) is 0 Å². The lowest BCUT2D eigenvalue weighted by molar-refractivity contribution is 0.483. The molecule has 0 saturated carbocycles. The first kappa shape index (κ1) is 25.2. The zero-order chi connectivity index (χ0) is 30.2. The molecule has 0 fully saturated rings. The third-order valence-electron chi connectivity index (χ3n) is 9.56. The van der Waals surface area contributed by atoms with Crippen molar-refractivity contribution < 1.29 is 4.74 Å². The molecule has 0 aliphatic heterocycles. The number of para-hydroxylation sites is 2. The maximum atomic E-state index is 6.51. The van der Waals surface area contributed by atoms with Gasteiger partial charge in [0.05, 0.1) is 0 Å². The van der Waals surface area contributed by atoms with E-state index in [1.807, 2.05) is 12.1 Å². The average molecular weight is 586 g/mol. The normalized spacial score (nSPS) is 11.9. The fraction of sp³-hybridized carbons (Fsp3) is 0. The van der Waals surface area contributed by atoms with Crippen molar-refractivity contribution in [1.29, 1.82) is 0 Å². The number of ether oxygens (including phenoxy) is 1. The van der Waals surface area contributed by atoms with Gasteiger partial charge in [0.2, 0.25) is 0 Å². The Morgan fingerprint density at radius 1 is 0.283 bits per heavy atom. The highest BCUT2D eigenvalue weighted by molar-refractivity contribution is 6.47. The lowest BCUT2D eigenvalue weighted by Gasteiger charge is -2.25. The van der Waals surface area contributed by atoms with Gasteiger partial charge < -0.3 is 9.64 Å². The first-order valence-corrected chi connectivity index (χ1v) is 15.8. The minimum absolute atomic E-state index is 0.807. The Morgan fingerprint density at radius 2 is 0.696 bits per heavy atom. The average Bonchev–Trinajstić information content (AvgIpc) is 3.63. The summed E-state index contributed by atoms with van der Waals surface area (Å²) < 4.78 is 6.51. The largest absolute Gasteiger partial charge is 0.457 e. The molecule has 0 atom stereocenters. The van der Waals surface area contributed by atoms with Crippen LogP contribution in [0.2, 0.25) is 0 Å². The van der Waals surface area contributed by atoms with Crippen molar-refractivity contribution in [1.82, 2.24) is 0 Å². The fourth-order valence-corrected chi connectivity index (χ4v) is 7.70. The number of hydrogen-bond acceptors (Lipinski definition) is 2. The van der Waals surface area contributed by atoms with Crippen LogP contribution in [0.5, 0.6) is 11.5 Å². The highest BCUT2D eigenvalue weighted by atomic mass is 16.5. The van der Waals surface area contributed by atoms with E-state index in [1.165, 1.54) is 64.6 Å². The summed E-state index contributed by atoms with van der Waals surface area (Å²) >= 11 is 0. The van der Waals surface area contributed by atoms with Gasteiger partial charge in [-0.15, -0.1) is 0 Å². The summed E-state index contributed by atoms with van der Waals surface area (Å²) in [6, 6.07) is 58.3. The molecule has 0 spiro atoms. The van der Waals surface area contributed by atoms with Crippen LogP contribution in [-0.2, 0) is 0 Å². The van der Waals surface area contributed by atoms with Crippen LogP contribution < -0.4 is 9.64 Å². The molecular weight excluding hydrogens is 558 g/mol. The molecule has 0 heterocycles. The lowest BCUT2D eigenvalue weighted by Crippen LogP contribution is -2.09. The summed E-state index contributed by atoms with van der Waals surface area (Å²) in [5.74, 6) is 1.64. The van der Waals surface area contributed by atoms with Crippen molar-refractivity contribution in [2.45, 2.75) is 0 Å². The van der Waals surface area contributed by atoms with Crippen molar-refractivity contribution in [2.75, 3.05) is 4.90 Å². The second-order valence-electron chi connectivity index (χ2n) is 12.1. The van der Waals surface area contributed by atoms with Gasteiger partial charge in [0.1, 0.15) is 11.5 Å².